The number of primary amides is 1. The van der Waals surface area contributed by atoms with Crippen molar-refractivity contribution in [1.29, 1.82) is 0 Å². The van der Waals surface area contributed by atoms with Crippen LogP contribution in [0.3, 0.4) is 0 Å². The Bertz CT molecular complexity index is 743. The second-order valence-electron chi connectivity index (χ2n) is 5.72. The number of hydrogen-bond donors (Lipinski definition) is 2. The van der Waals surface area contributed by atoms with Gasteiger partial charge in [-0.05, 0) is 18.9 Å². The Balaban J connectivity index is 1.83. The van der Waals surface area contributed by atoms with Gasteiger partial charge in [0.1, 0.15) is 11.5 Å². The number of carbonyl (C=O) groups is 1. The Morgan fingerprint density at radius 2 is 2.17 bits per heavy atom. The minimum atomic E-state index is -4.44. The molecule has 9 heteroatoms. The fraction of sp³-hybridized carbons (Fsp3) is 0.400. The summed E-state index contributed by atoms with van der Waals surface area (Å²) in [6, 6.07) is 1.69. The second kappa shape index (κ2) is 6.14. The molecule has 3 N–H and O–H groups in total. The number of amides is 1. The number of rotatable bonds is 3. The van der Waals surface area contributed by atoms with Crippen LogP contribution in [0, 0.1) is 0 Å². The Morgan fingerprint density at radius 1 is 1.38 bits per heavy atom. The number of carbonyl (C=O) groups excluding carboxylic acids is 1. The number of nitrogens with zero attached hydrogens (tertiary/aromatic N) is 3. The highest BCUT2D eigenvalue weighted by molar-refractivity contribution is 5.98. The van der Waals surface area contributed by atoms with Gasteiger partial charge in [0.25, 0.3) is 5.91 Å². The van der Waals surface area contributed by atoms with E-state index < -0.39 is 17.8 Å². The van der Waals surface area contributed by atoms with E-state index in [4.69, 9.17) is 5.73 Å². The van der Waals surface area contributed by atoms with Crippen molar-refractivity contribution < 1.29 is 18.0 Å². The summed E-state index contributed by atoms with van der Waals surface area (Å²) in [5.74, 6) is -0.456. The van der Waals surface area contributed by atoms with E-state index in [1.165, 1.54) is 6.20 Å². The van der Waals surface area contributed by atoms with Crippen LogP contribution >= 0.6 is 0 Å². The fourth-order valence-electron chi connectivity index (χ4n) is 2.96. The molecule has 0 aliphatic carbocycles. The molecule has 1 fully saturated rings. The van der Waals surface area contributed by atoms with Crippen LogP contribution in [0.1, 0.15) is 40.6 Å². The van der Waals surface area contributed by atoms with Crippen LogP contribution < -0.4 is 10.6 Å². The van der Waals surface area contributed by atoms with Gasteiger partial charge in [-0.15, -0.1) is 0 Å². The minimum Gasteiger partial charge on any atom is -0.370 e. The lowest BCUT2D eigenvalue weighted by Crippen LogP contribution is -2.36. The van der Waals surface area contributed by atoms with Crippen molar-refractivity contribution in [2.24, 2.45) is 5.73 Å². The van der Waals surface area contributed by atoms with E-state index in [2.05, 4.69) is 15.0 Å². The first-order valence-electron chi connectivity index (χ1n) is 7.47. The summed E-state index contributed by atoms with van der Waals surface area (Å²) in [4.78, 5) is 23.6. The lowest BCUT2D eigenvalue weighted by Gasteiger charge is -2.34. The summed E-state index contributed by atoms with van der Waals surface area (Å²) in [6.45, 7) is 1.14. The van der Waals surface area contributed by atoms with E-state index in [0.29, 0.717) is 30.2 Å². The molecule has 3 rings (SSSR count). The Labute approximate surface area is 135 Å². The molecule has 128 valence electrons. The largest absolute Gasteiger partial charge is 0.432 e. The molecule has 1 aliphatic rings. The third kappa shape index (κ3) is 3.19. The van der Waals surface area contributed by atoms with Gasteiger partial charge in [0.15, 0.2) is 0 Å². The smallest absolute Gasteiger partial charge is 0.370 e. The summed E-state index contributed by atoms with van der Waals surface area (Å²) in [7, 11) is 0. The number of nitrogens with two attached hydrogens (primary N) is 1. The van der Waals surface area contributed by atoms with Crippen LogP contribution in [-0.4, -0.2) is 33.9 Å². The maximum absolute atomic E-state index is 12.7. The molecule has 24 heavy (non-hydrogen) atoms. The highest BCUT2D eigenvalue weighted by atomic mass is 19.4. The van der Waals surface area contributed by atoms with E-state index in [1.54, 1.807) is 12.3 Å². The van der Waals surface area contributed by atoms with Gasteiger partial charge in [0.2, 0.25) is 0 Å². The summed E-state index contributed by atoms with van der Waals surface area (Å²) >= 11 is 0. The van der Waals surface area contributed by atoms with Crippen molar-refractivity contribution in [3.63, 3.8) is 0 Å². The van der Waals surface area contributed by atoms with Crippen molar-refractivity contribution in [2.75, 3.05) is 18.0 Å². The molecule has 0 bridgehead atoms. The van der Waals surface area contributed by atoms with Crippen molar-refractivity contribution in [3.05, 3.63) is 41.7 Å². The van der Waals surface area contributed by atoms with Crippen molar-refractivity contribution in [1.82, 2.24) is 15.0 Å². The van der Waals surface area contributed by atoms with Crippen LogP contribution in [0.5, 0.6) is 0 Å². The fourth-order valence-corrected chi connectivity index (χ4v) is 2.96. The molecule has 3 heterocycles. The topological polar surface area (TPSA) is 87.9 Å². The van der Waals surface area contributed by atoms with E-state index in [-0.39, 0.29) is 5.92 Å². The molecule has 1 atom stereocenters. The number of anilines is 1. The van der Waals surface area contributed by atoms with Gasteiger partial charge in [0, 0.05) is 31.4 Å². The average molecular weight is 339 g/mol. The Kier molecular flexibility index (Phi) is 4.16. The molecule has 2 aromatic heterocycles. The van der Waals surface area contributed by atoms with Gasteiger partial charge < -0.3 is 15.6 Å². The summed E-state index contributed by atoms with van der Waals surface area (Å²) in [6.07, 6.45) is 0.820. The number of alkyl halides is 3. The van der Waals surface area contributed by atoms with Crippen molar-refractivity contribution >= 4 is 11.6 Å². The SMILES string of the molecule is NC(=O)c1cnccc1N1CCCC(c2ncc(C(F)(F)F)[nH]2)C1. The molecule has 1 aliphatic heterocycles. The van der Waals surface area contributed by atoms with E-state index in [9.17, 15) is 18.0 Å². The molecule has 0 spiro atoms. The number of imidazole rings is 1. The molecule has 1 unspecified atom stereocenters. The monoisotopic (exact) mass is 339 g/mol. The third-order valence-electron chi connectivity index (χ3n) is 4.11. The number of pyridine rings is 1. The highest BCUT2D eigenvalue weighted by Gasteiger charge is 2.34. The van der Waals surface area contributed by atoms with Gasteiger partial charge in [-0.2, -0.15) is 13.2 Å². The van der Waals surface area contributed by atoms with Crippen LogP contribution in [0.2, 0.25) is 0 Å². The molecule has 0 aromatic carbocycles. The molecule has 0 saturated carbocycles. The highest BCUT2D eigenvalue weighted by Crippen LogP contribution is 2.33. The van der Waals surface area contributed by atoms with Crippen LogP contribution in [0.4, 0.5) is 18.9 Å². The Hall–Kier alpha value is -2.58. The van der Waals surface area contributed by atoms with Gasteiger partial charge in [-0.3, -0.25) is 9.78 Å². The lowest BCUT2D eigenvalue weighted by atomic mass is 9.96. The van der Waals surface area contributed by atoms with Gasteiger partial charge in [0.05, 0.1) is 17.4 Å². The Morgan fingerprint density at radius 3 is 2.83 bits per heavy atom. The van der Waals surface area contributed by atoms with E-state index >= 15 is 0 Å². The van der Waals surface area contributed by atoms with E-state index in [1.807, 2.05) is 4.90 Å². The molecule has 1 amide bonds. The number of aromatic nitrogens is 3. The maximum Gasteiger partial charge on any atom is 0.432 e. The number of nitrogens with one attached hydrogen (secondary N) is 1. The standard InChI is InChI=1S/C15H16F3N5O/c16-15(17,18)12-7-21-14(22-12)9-2-1-5-23(8-9)11-3-4-20-6-10(11)13(19)24/h3-4,6-7,9H,1-2,5,8H2,(H2,19,24)(H,21,22). The molecule has 2 aromatic rings. The first-order valence-corrected chi connectivity index (χ1v) is 7.47. The minimum absolute atomic E-state index is 0.177. The van der Waals surface area contributed by atoms with E-state index in [0.717, 1.165) is 19.0 Å². The first kappa shape index (κ1) is 16.3. The zero-order valence-corrected chi connectivity index (χ0v) is 12.7. The third-order valence-corrected chi connectivity index (χ3v) is 4.11. The quantitative estimate of drug-likeness (QED) is 0.898. The predicted octanol–water partition coefficient (Wildman–Crippen LogP) is 2.31. The van der Waals surface area contributed by atoms with Crippen molar-refractivity contribution in [2.45, 2.75) is 24.9 Å². The van der Waals surface area contributed by atoms with Gasteiger partial charge in [-0.25, -0.2) is 4.98 Å². The molecule has 0 radical (unpaired) electrons. The predicted molar refractivity (Wildman–Crippen MR) is 80.5 cm³/mol. The second-order valence-corrected chi connectivity index (χ2v) is 5.72. The number of halogens is 3. The average Bonchev–Trinajstić information content (AvgIpc) is 3.05. The summed E-state index contributed by atoms with van der Waals surface area (Å²) in [5.41, 5.74) is 5.46. The maximum atomic E-state index is 12.7. The van der Waals surface area contributed by atoms with Crippen LogP contribution in [0.25, 0.3) is 0 Å². The van der Waals surface area contributed by atoms with Crippen LogP contribution in [-0.2, 0) is 6.18 Å². The van der Waals surface area contributed by atoms with Crippen LogP contribution in [0.15, 0.2) is 24.7 Å². The van der Waals surface area contributed by atoms with Crippen molar-refractivity contribution in [3.8, 4) is 0 Å². The lowest BCUT2D eigenvalue weighted by molar-refractivity contribution is -0.141. The summed E-state index contributed by atoms with van der Waals surface area (Å²) < 4.78 is 38.1. The zero-order valence-electron chi connectivity index (χ0n) is 12.7. The van der Waals surface area contributed by atoms with Gasteiger partial charge in [-0.1, -0.05) is 0 Å². The normalized spacial score (nSPS) is 18.6. The van der Waals surface area contributed by atoms with Gasteiger partial charge >= 0.3 is 6.18 Å². The summed E-state index contributed by atoms with van der Waals surface area (Å²) in [5, 5.41) is 0. The molecular formula is C15H16F3N5O. The number of piperidine rings is 1. The molecule has 6 nitrogen and oxygen atoms in total. The number of hydrogen-bond acceptors (Lipinski definition) is 4. The zero-order chi connectivity index (χ0) is 17.3. The number of H-pyrrole nitrogens is 1. The first-order chi connectivity index (χ1) is 11.4. The molecular weight excluding hydrogens is 323 g/mol. The number of aromatic amines is 1. The molecule has 1 saturated heterocycles.